The van der Waals surface area contributed by atoms with Gasteiger partial charge in [0, 0.05) is 26.2 Å². The molecule has 1 aromatic carbocycles. The van der Waals surface area contributed by atoms with Crippen LogP contribution in [-0.4, -0.2) is 49.7 Å². The Hall–Kier alpha value is -1.74. The highest BCUT2D eigenvalue weighted by atomic mass is 32.2. The molecule has 0 unspecified atom stereocenters. The molecule has 2 saturated heterocycles. The first-order valence-corrected chi connectivity index (χ1v) is 13.5. The lowest BCUT2D eigenvalue weighted by Crippen LogP contribution is -2.45. The minimum Gasteiger partial charge on any atom is -0.352 e. The molecule has 2 aliphatic heterocycles. The number of nitrogens with zero attached hydrogens (tertiary/aromatic N) is 2. The van der Waals surface area contributed by atoms with Crippen LogP contribution < -0.4 is 5.32 Å². The number of rotatable bonds is 7. The number of carbonyl (C=O) groups excluding carboxylic acids is 1. The van der Waals surface area contributed by atoms with Crippen LogP contribution in [0.2, 0.25) is 0 Å². The van der Waals surface area contributed by atoms with E-state index in [1.807, 2.05) is 0 Å². The monoisotopic (exact) mass is 461 g/mol. The average Bonchev–Trinajstić information content (AvgIpc) is 3.35. The molecule has 2 fully saturated rings. The highest BCUT2D eigenvalue weighted by molar-refractivity contribution is 7.91. The third-order valence-electron chi connectivity index (χ3n) is 6.19. The molecule has 2 aliphatic rings. The fourth-order valence-corrected chi connectivity index (χ4v) is 7.05. The van der Waals surface area contributed by atoms with Gasteiger partial charge in [0.25, 0.3) is 10.0 Å². The molecule has 0 bridgehead atoms. The van der Waals surface area contributed by atoms with Crippen LogP contribution in [0, 0.1) is 5.92 Å². The van der Waals surface area contributed by atoms with Crippen LogP contribution in [0.4, 0.5) is 0 Å². The number of benzene rings is 1. The number of sulfonamides is 1. The number of carbonyl (C=O) groups is 1. The van der Waals surface area contributed by atoms with Gasteiger partial charge in [0.1, 0.15) is 4.21 Å². The minimum atomic E-state index is -3.50. The molecule has 1 N–H and O–H groups in total. The van der Waals surface area contributed by atoms with Crippen LogP contribution in [0.5, 0.6) is 0 Å². The summed E-state index contributed by atoms with van der Waals surface area (Å²) in [4.78, 5) is 15.2. The fourth-order valence-electron chi connectivity index (χ4n) is 4.38. The summed E-state index contributed by atoms with van der Waals surface area (Å²) in [5.74, 6) is -0.370. The molecular formula is C23H31N3O3S2. The topological polar surface area (TPSA) is 69.7 Å². The molecule has 0 radical (unpaired) electrons. The molecule has 4 rings (SSSR count). The van der Waals surface area contributed by atoms with Crippen LogP contribution in [0.3, 0.4) is 0 Å². The number of hydrogen-bond acceptors (Lipinski definition) is 5. The fraction of sp³-hybridized carbons (Fsp3) is 0.522. The second-order valence-electron chi connectivity index (χ2n) is 8.51. The molecule has 2 aromatic rings. The van der Waals surface area contributed by atoms with E-state index in [-0.39, 0.29) is 18.4 Å². The first-order valence-electron chi connectivity index (χ1n) is 11.1. The first-order chi connectivity index (χ1) is 15.0. The van der Waals surface area contributed by atoms with Crippen molar-refractivity contribution in [1.29, 1.82) is 0 Å². The largest absolute Gasteiger partial charge is 0.352 e. The van der Waals surface area contributed by atoms with E-state index >= 15 is 0 Å². The van der Waals surface area contributed by atoms with Gasteiger partial charge in [0.2, 0.25) is 5.91 Å². The highest BCUT2D eigenvalue weighted by Gasteiger charge is 2.33. The Kier molecular flexibility index (Phi) is 7.43. The number of thiophene rings is 1. The van der Waals surface area contributed by atoms with Crippen LogP contribution in [0.15, 0.2) is 46.0 Å². The number of likely N-dealkylation sites (tertiary alicyclic amines) is 1. The van der Waals surface area contributed by atoms with Gasteiger partial charge >= 0.3 is 0 Å². The van der Waals surface area contributed by atoms with Gasteiger partial charge in [0.15, 0.2) is 0 Å². The van der Waals surface area contributed by atoms with E-state index in [1.54, 1.807) is 17.5 Å². The van der Waals surface area contributed by atoms with Crippen molar-refractivity contribution in [2.75, 3.05) is 26.2 Å². The van der Waals surface area contributed by atoms with Gasteiger partial charge in [-0.15, -0.1) is 11.3 Å². The molecule has 6 nitrogen and oxygen atoms in total. The zero-order valence-corrected chi connectivity index (χ0v) is 19.5. The molecule has 1 amide bonds. The van der Waals surface area contributed by atoms with E-state index in [9.17, 15) is 13.2 Å². The van der Waals surface area contributed by atoms with Gasteiger partial charge in [-0.05, 0) is 61.3 Å². The number of piperidine rings is 2. The van der Waals surface area contributed by atoms with Gasteiger partial charge in [0.05, 0.1) is 5.92 Å². The van der Waals surface area contributed by atoms with Crippen molar-refractivity contribution in [3.63, 3.8) is 0 Å². The Labute approximate surface area is 189 Å². The van der Waals surface area contributed by atoms with Crippen LogP contribution in [-0.2, 0) is 27.9 Å². The zero-order valence-electron chi connectivity index (χ0n) is 17.8. The Morgan fingerprint density at radius 3 is 2.45 bits per heavy atom. The van der Waals surface area contributed by atoms with E-state index in [4.69, 9.17) is 0 Å². The molecule has 1 aromatic heterocycles. The van der Waals surface area contributed by atoms with E-state index in [0.717, 1.165) is 18.5 Å². The normalized spacial score (nSPS) is 21.1. The maximum atomic E-state index is 12.8. The summed E-state index contributed by atoms with van der Waals surface area (Å²) in [5.41, 5.74) is 2.37. The van der Waals surface area contributed by atoms with Crippen molar-refractivity contribution in [1.82, 2.24) is 14.5 Å². The summed E-state index contributed by atoms with van der Waals surface area (Å²) in [6.45, 7) is 4.54. The minimum absolute atomic E-state index is 0.0662. The predicted molar refractivity (Wildman–Crippen MR) is 123 cm³/mol. The lowest BCUT2D eigenvalue weighted by molar-refractivity contribution is -0.126. The Morgan fingerprint density at radius 1 is 1.00 bits per heavy atom. The van der Waals surface area contributed by atoms with Crippen molar-refractivity contribution >= 4 is 27.3 Å². The summed E-state index contributed by atoms with van der Waals surface area (Å²) in [5, 5.41) is 4.77. The SMILES string of the molecule is O=C(NCc1ccc(CN2CCCCC2)cc1)[C@H]1CCCN(S(=O)(=O)c2cccs2)C1. The van der Waals surface area contributed by atoms with Gasteiger partial charge < -0.3 is 5.32 Å². The van der Waals surface area contributed by atoms with Gasteiger partial charge in [-0.3, -0.25) is 9.69 Å². The van der Waals surface area contributed by atoms with Crippen molar-refractivity contribution < 1.29 is 13.2 Å². The predicted octanol–water partition coefficient (Wildman–Crippen LogP) is 3.45. The van der Waals surface area contributed by atoms with Crippen molar-refractivity contribution in [2.45, 2.75) is 49.4 Å². The number of amides is 1. The molecule has 31 heavy (non-hydrogen) atoms. The van der Waals surface area contributed by atoms with Crippen LogP contribution in [0.25, 0.3) is 0 Å². The number of hydrogen-bond donors (Lipinski definition) is 1. The van der Waals surface area contributed by atoms with Crippen LogP contribution >= 0.6 is 11.3 Å². The second-order valence-corrected chi connectivity index (χ2v) is 11.6. The van der Waals surface area contributed by atoms with E-state index in [0.29, 0.717) is 23.7 Å². The van der Waals surface area contributed by atoms with Crippen molar-refractivity contribution in [3.05, 3.63) is 52.9 Å². The van der Waals surface area contributed by atoms with E-state index < -0.39 is 10.0 Å². The van der Waals surface area contributed by atoms with E-state index in [1.165, 1.54) is 53.6 Å². The lowest BCUT2D eigenvalue weighted by atomic mass is 9.98. The summed E-state index contributed by atoms with van der Waals surface area (Å²) in [7, 11) is -3.50. The van der Waals surface area contributed by atoms with Crippen LogP contribution in [0.1, 0.15) is 43.2 Å². The summed E-state index contributed by atoms with van der Waals surface area (Å²) >= 11 is 1.22. The third kappa shape index (κ3) is 5.74. The second kappa shape index (κ2) is 10.3. The quantitative estimate of drug-likeness (QED) is 0.686. The van der Waals surface area contributed by atoms with Gasteiger partial charge in [-0.2, -0.15) is 4.31 Å². The molecule has 168 valence electrons. The van der Waals surface area contributed by atoms with E-state index in [2.05, 4.69) is 34.5 Å². The lowest BCUT2D eigenvalue weighted by Gasteiger charge is -2.30. The van der Waals surface area contributed by atoms with Gasteiger partial charge in [-0.1, -0.05) is 36.8 Å². The summed E-state index contributed by atoms with van der Waals surface area (Å²) < 4.78 is 27.3. The maximum Gasteiger partial charge on any atom is 0.252 e. The Balaban J connectivity index is 1.28. The van der Waals surface area contributed by atoms with Crippen molar-refractivity contribution in [2.24, 2.45) is 5.92 Å². The molecular weight excluding hydrogens is 430 g/mol. The summed E-state index contributed by atoms with van der Waals surface area (Å²) in [6, 6.07) is 11.8. The molecule has 0 saturated carbocycles. The first kappa shape index (κ1) is 22.5. The van der Waals surface area contributed by atoms with Crippen molar-refractivity contribution in [3.8, 4) is 0 Å². The van der Waals surface area contributed by atoms with Gasteiger partial charge in [-0.25, -0.2) is 8.42 Å². The highest BCUT2D eigenvalue weighted by Crippen LogP contribution is 2.26. The Morgan fingerprint density at radius 2 is 1.74 bits per heavy atom. The molecule has 0 aliphatic carbocycles. The summed E-state index contributed by atoms with van der Waals surface area (Å²) in [6.07, 6.45) is 5.34. The Bertz CT molecular complexity index is 952. The molecule has 3 heterocycles. The third-order valence-corrected chi connectivity index (χ3v) is 9.43. The zero-order chi connectivity index (χ0) is 21.7. The molecule has 8 heteroatoms. The smallest absolute Gasteiger partial charge is 0.252 e. The average molecular weight is 462 g/mol. The molecule has 1 atom stereocenters. The maximum absolute atomic E-state index is 12.8. The molecule has 0 spiro atoms. The standard InChI is InChI=1S/C23H31N3O3S2/c27-23(21-6-4-14-26(18-21)31(28,29)22-7-5-15-30-22)24-16-19-8-10-20(11-9-19)17-25-12-2-1-3-13-25/h5,7-11,15,21H,1-4,6,12-14,16-18H2,(H,24,27)/t21-/m0/s1. The number of nitrogens with one attached hydrogen (secondary N) is 1.